The molecule has 0 fully saturated rings. The number of rotatable bonds is 3. The smallest absolute Gasteiger partial charge is 0.320 e. The highest BCUT2D eigenvalue weighted by Crippen LogP contribution is 2.33. The Bertz CT molecular complexity index is 717. The van der Waals surface area contributed by atoms with Crippen LogP contribution in [0.2, 0.25) is 0 Å². The minimum absolute atomic E-state index is 0.223. The lowest BCUT2D eigenvalue weighted by molar-refractivity contribution is 0.103. The van der Waals surface area contributed by atoms with Crippen molar-refractivity contribution in [3.8, 4) is 23.0 Å². The molecule has 1 heterocycles. The van der Waals surface area contributed by atoms with Gasteiger partial charge in [0.25, 0.3) is 0 Å². The highest BCUT2D eigenvalue weighted by molar-refractivity contribution is 9.10. The molecule has 0 amide bonds. The molecule has 1 aromatic heterocycles. The number of aromatic nitrogens is 2. The second-order valence-corrected chi connectivity index (χ2v) is 8.37. The Morgan fingerprint density at radius 1 is 0.958 bits per heavy atom. The first-order valence-corrected chi connectivity index (χ1v) is 8.44. The molecule has 2 aromatic rings. The first-order chi connectivity index (χ1) is 10.9. The third-order valence-corrected chi connectivity index (χ3v) is 3.16. The van der Waals surface area contributed by atoms with E-state index in [9.17, 15) is 4.39 Å². The Hall–Kier alpha value is -1.69. The van der Waals surface area contributed by atoms with Crippen LogP contribution in [0.1, 0.15) is 41.5 Å². The van der Waals surface area contributed by atoms with Gasteiger partial charge in [0.05, 0.1) is 5.56 Å². The van der Waals surface area contributed by atoms with Crippen LogP contribution >= 0.6 is 15.9 Å². The van der Waals surface area contributed by atoms with Crippen LogP contribution in [0.5, 0.6) is 11.9 Å². The maximum absolute atomic E-state index is 13.7. The van der Waals surface area contributed by atoms with Gasteiger partial charge in [-0.3, -0.25) is 0 Å². The first-order valence-electron chi connectivity index (χ1n) is 7.64. The van der Waals surface area contributed by atoms with Gasteiger partial charge in [-0.2, -0.15) is 4.98 Å². The monoisotopic (exact) mass is 396 g/mol. The highest BCUT2D eigenvalue weighted by atomic mass is 79.9. The summed E-state index contributed by atoms with van der Waals surface area (Å²) < 4.78 is 26.0. The SMILES string of the molecule is CC(C)(C)Oc1ncc(-c2cc(F)cc(Br)c2)c(OC(C)(C)C)n1. The van der Waals surface area contributed by atoms with E-state index in [2.05, 4.69) is 25.9 Å². The molecule has 0 N–H and O–H groups in total. The molecule has 0 aliphatic heterocycles. The predicted octanol–water partition coefficient (Wildman–Crippen LogP) is 5.40. The molecule has 0 spiro atoms. The zero-order valence-electron chi connectivity index (χ0n) is 14.8. The van der Waals surface area contributed by atoms with E-state index in [1.807, 2.05) is 41.5 Å². The second kappa shape index (κ2) is 6.67. The summed E-state index contributed by atoms with van der Waals surface area (Å²) in [7, 11) is 0. The van der Waals surface area contributed by atoms with Crippen LogP contribution in [-0.2, 0) is 0 Å². The zero-order valence-corrected chi connectivity index (χ0v) is 16.4. The van der Waals surface area contributed by atoms with Crippen LogP contribution in [0.25, 0.3) is 11.1 Å². The van der Waals surface area contributed by atoms with E-state index in [0.717, 1.165) is 0 Å². The fourth-order valence-corrected chi connectivity index (χ4v) is 2.41. The quantitative estimate of drug-likeness (QED) is 0.696. The van der Waals surface area contributed by atoms with Gasteiger partial charge in [0.2, 0.25) is 5.88 Å². The third kappa shape index (κ3) is 5.44. The summed E-state index contributed by atoms with van der Waals surface area (Å²) in [6.45, 7) is 11.5. The van der Waals surface area contributed by atoms with Crippen molar-refractivity contribution < 1.29 is 13.9 Å². The van der Waals surface area contributed by atoms with Crippen LogP contribution in [0.15, 0.2) is 28.9 Å². The minimum atomic E-state index is -0.466. The summed E-state index contributed by atoms with van der Waals surface area (Å²) in [5, 5.41) is 0. The molecule has 24 heavy (non-hydrogen) atoms. The molecule has 0 saturated carbocycles. The standard InChI is InChI=1S/C18H22BrFN2O2/c1-17(2,3)23-15-14(11-7-12(19)9-13(20)8-11)10-21-16(22-15)24-18(4,5)6/h7-10H,1-6H3. The lowest BCUT2D eigenvalue weighted by Gasteiger charge is -2.24. The maximum atomic E-state index is 13.7. The topological polar surface area (TPSA) is 44.2 Å². The Labute approximate surface area is 150 Å². The van der Waals surface area contributed by atoms with Gasteiger partial charge in [-0.25, -0.2) is 9.37 Å². The average Bonchev–Trinajstić information content (AvgIpc) is 2.33. The van der Waals surface area contributed by atoms with E-state index in [1.165, 1.54) is 12.1 Å². The highest BCUT2D eigenvalue weighted by Gasteiger charge is 2.21. The Balaban J connectivity index is 2.53. The summed E-state index contributed by atoms with van der Waals surface area (Å²) in [4.78, 5) is 8.63. The molecule has 2 rings (SSSR count). The lowest BCUT2D eigenvalue weighted by Crippen LogP contribution is -2.26. The van der Waals surface area contributed by atoms with Gasteiger partial charge in [0.15, 0.2) is 0 Å². The summed E-state index contributed by atoms with van der Waals surface area (Å²) in [5.41, 5.74) is 0.338. The largest absolute Gasteiger partial charge is 0.471 e. The van der Waals surface area contributed by atoms with Gasteiger partial charge in [0, 0.05) is 10.7 Å². The summed E-state index contributed by atoms with van der Waals surface area (Å²) in [5.74, 6) is 0.00496. The van der Waals surface area contributed by atoms with E-state index in [-0.39, 0.29) is 11.8 Å². The summed E-state index contributed by atoms with van der Waals surface area (Å²) in [6, 6.07) is 4.83. The van der Waals surface area contributed by atoms with Crippen molar-refractivity contribution in [1.29, 1.82) is 0 Å². The minimum Gasteiger partial charge on any atom is -0.471 e. The number of nitrogens with zero attached hydrogens (tertiary/aromatic N) is 2. The molecule has 130 valence electrons. The van der Waals surface area contributed by atoms with E-state index in [0.29, 0.717) is 21.5 Å². The summed E-state index contributed by atoms with van der Waals surface area (Å²) in [6.07, 6.45) is 1.59. The molecule has 6 heteroatoms. The molecule has 1 aromatic carbocycles. The van der Waals surface area contributed by atoms with E-state index >= 15 is 0 Å². The van der Waals surface area contributed by atoms with Gasteiger partial charge in [-0.15, -0.1) is 0 Å². The Kier molecular flexibility index (Phi) is 5.18. The van der Waals surface area contributed by atoms with Crippen LogP contribution in [0.4, 0.5) is 4.39 Å². The van der Waals surface area contributed by atoms with Crippen LogP contribution in [0.3, 0.4) is 0 Å². The normalized spacial score (nSPS) is 12.2. The first kappa shape index (κ1) is 18.6. The second-order valence-electron chi connectivity index (χ2n) is 7.46. The Morgan fingerprint density at radius 2 is 1.58 bits per heavy atom. The number of hydrogen-bond donors (Lipinski definition) is 0. The Morgan fingerprint density at radius 3 is 2.12 bits per heavy atom. The fraction of sp³-hybridized carbons (Fsp3) is 0.444. The number of hydrogen-bond acceptors (Lipinski definition) is 4. The van der Waals surface area contributed by atoms with Crippen LogP contribution in [0, 0.1) is 5.82 Å². The van der Waals surface area contributed by atoms with Crippen LogP contribution < -0.4 is 9.47 Å². The van der Waals surface area contributed by atoms with Crippen molar-refractivity contribution in [2.24, 2.45) is 0 Å². The molecule has 0 radical (unpaired) electrons. The number of ether oxygens (including phenoxy) is 2. The van der Waals surface area contributed by atoms with Crippen molar-refractivity contribution in [3.63, 3.8) is 0 Å². The molecule has 0 aliphatic carbocycles. The molecule has 0 aliphatic rings. The van der Waals surface area contributed by atoms with Gasteiger partial charge in [0.1, 0.15) is 17.0 Å². The molecular weight excluding hydrogens is 375 g/mol. The predicted molar refractivity (Wildman–Crippen MR) is 95.9 cm³/mol. The van der Waals surface area contributed by atoms with Crippen molar-refractivity contribution in [3.05, 3.63) is 34.7 Å². The third-order valence-electron chi connectivity index (χ3n) is 2.71. The zero-order chi connectivity index (χ0) is 18.1. The number of benzene rings is 1. The van der Waals surface area contributed by atoms with Crippen molar-refractivity contribution in [2.45, 2.75) is 52.7 Å². The van der Waals surface area contributed by atoms with Gasteiger partial charge >= 0.3 is 6.01 Å². The van der Waals surface area contributed by atoms with Crippen molar-refractivity contribution in [1.82, 2.24) is 9.97 Å². The van der Waals surface area contributed by atoms with E-state index in [1.54, 1.807) is 12.3 Å². The molecule has 0 bridgehead atoms. The fourth-order valence-electron chi connectivity index (χ4n) is 1.95. The molecule has 0 atom stereocenters. The molecule has 4 nitrogen and oxygen atoms in total. The average molecular weight is 397 g/mol. The van der Waals surface area contributed by atoms with Gasteiger partial charge < -0.3 is 9.47 Å². The molecule has 0 saturated heterocycles. The van der Waals surface area contributed by atoms with Crippen LogP contribution in [-0.4, -0.2) is 21.2 Å². The molecule has 0 unspecified atom stereocenters. The summed E-state index contributed by atoms with van der Waals surface area (Å²) >= 11 is 3.30. The van der Waals surface area contributed by atoms with Gasteiger partial charge in [-0.1, -0.05) is 15.9 Å². The number of halogens is 2. The van der Waals surface area contributed by atoms with Crippen molar-refractivity contribution >= 4 is 15.9 Å². The van der Waals surface area contributed by atoms with Crippen molar-refractivity contribution in [2.75, 3.05) is 0 Å². The van der Waals surface area contributed by atoms with E-state index < -0.39 is 11.2 Å². The lowest BCUT2D eigenvalue weighted by atomic mass is 10.1. The molecular formula is C18H22BrFN2O2. The van der Waals surface area contributed by atoms with E-state index in [4.69, 9.17) is 9.47 Å². The maximum Gasteiger partial charge on any atom is 0.320 e. The van der Waals surface area contributed by atoms with Gasteiger partial charge in [-0.05, 0) is 65.3 Å².